The van der Waals surface area contributed by atoms with Gasteiger partial charge in [-0.2, -0.15) is 5.21 Å². The lowest BCUT2D eigenvalue weighted by atomic mass is 10.2. The summed E-state index contributed by atoms with van der Waals surface area (Å²) in [6.07, 6.45) is 0. The highest BCUT2D eigenvalue weighted by molar-refractivity contribution is 14.1. The smallest absolute Gasteiger partial charge is 0.263 e. The maximum atomic E-state index is 11.7. The molecule has 4 aromatic rings. The van der Waals surface area contributed by atoms with Gasteiger partial charge in [0.05, 0.1) is 9.09 Å². The average molecular weight is 421 g/mol. The van der Waals surface area contributed by atoms with Crippen molar-refractivity contribution in [1.82, 2.24) is 35.6 Å². The number of tetrazole rings is 1. The second kappa shape index (κ2) is 5.53. The summed E-state index contributed by atoms with van der Waals surface area (Å²) in [4.78, 5) is 23.4. The highest BCUT2D eigenvalue weighted by Gasteiger charge is 2.10. The molecule has 0 amide bonds. The summed E-state index contributed by atoms with van der Waals surface area (Å²) in [6.45, 7) is 0.151. The van der Waals surface area contributed by atoms with Gasteiger partial charge in [-0.3, -0.25) is 4.79 Å². The Balaban J connectivity index is 1.83. The Hall–Kier alpha value is -2.63. The first kappa shape index (κ1) is 14.0. The second-order valence-corrected chi connectivity index (χ2v) is 5.81. The second-order valence-electron chi connectivity index (χ2n) is 4.64. The van der Waals surface area contributed by atoms with Crippen molar-refractivity contribution in [1.29, 1.82) is 0 Å². The van der Waals surface area contributed by atoms with Crippen molar-refractivity contribution in [2.75, 3.05) is 0 Å². The van der Waals surface area contributed by atoms with Crippen molar-refractivity contribution in [2.45, 2.75) is 6.61 Å². The van der Waals surface area contributed by atoms with E-state index in [2.05, 4.69) is 35.6 Å². The molecule has 3 aromatic heterocycles. The van der Waals surface area contributed by atoms with E-state index in [1.54, 1.807) is 12.1 Å². The van der Waals surface area contributed by atoms with Crippen LogP contribution < -0.4 is 10.3 Å². The predicted molar refractivity (Wildman–Crippen MR) is 88.9 cm³/mol. The number of ether oxygens (including phenoxy) is 1. The zero-order chi connectivity index (χ0) is 15.8. The minimum atomic E-state index is -0.197. The van der Waals surface area contributed by atoms with Crippen molar-refractivity contribution in [3.8, 4) is 5.75 Å². The number of nitrogens with zero attached hydrogens (tertiary/aromatic N) is 5. The van der Waals surface area contributed by atoms with Crippen LogP contribution in [-0.2, 0) is 6.61 Å². The van der Waals surface area contributed by atoms with Crippen LogP contribution in [0.5, 0.6) is 5.75 Å². The van der Waals surface area contributed by atoms with Gasteiger partial charge in [-0.15, -0.1) is 10.2 Å². The molecule has 0 spiro atoms. The zero-order valence-corrected chi connectivity index (χ0v) is 13.6. The lowest BCUT2D eigenvalue weighted by Gasteiger charge is -2.07. The van der Waals surface area contributed by atoms with E-state index >= 15 is 0 Å². The van der Waals surface area contributed by atoms with E-state index in [0.717, 1.165) is 0 Å². The van der Waals surface area contributed by atoms with Crippen molar-refractivity contribution >= 4 is 44.8 Å². The summed E-state index contributed by atoms with van der Waals surface area (Å²) in [6, 6.07) is 7.13. The van der Waals surface area contributed by atoms with Gasteiger partial charge in [-0.05, 0) is 40.8 Å². The first-order chi connectivity index (χ1) is 11.2. The number of rotatable bonds is 3. The molecule has 4 rings (SSSR count). The molecule has 0 radical (unpaired) electrons. The van der Waals surface area contributed by atoms with Crippen LogP contribution >= 0.6 is 22.6 Å². The van der Waals surface area contributed by atoms with Crippen LogP contribution in [0.2, 0.25) is 0 Å². The number of H-pyrrole nitrogens is 2. The maximum absolute atomic E-state index is 11.7. The molecule has 2 N–H and O–H groups in total. The summed E-state index contributed by atoms with van der Waals surface area (Å²) in [5, 5.41) is 13.5. The average Bonchev–Trinajstić information content (AvgIpc) is 3.06. The number of halogens is 1. The molecular weight excluding hydrogens is 413 g/mol. The van der Waals surface area contributed by atoms with Crippen LogP contribution in [0.25, 0.3) is 22.2 Å². The molecule has 0 atom stereocenters. The molecule has 0 saturated heterocycles. The molecule has 0 unspecified atom stereocenters. The fourth-order valence-electron chi connectivity index (χ4n) is 2.11. The third kappa shape index (κ3) is 2.60. The van der Waals surface area contributed by atoms with Gasteiger partial charge in [0.25, 0.3) is 5.56 Å². The van der Waals surface area contributed by atoms with E-state index in [9.17, 15) is 4.79 Å². The van der Waals surface area contributed by atoms with Crippen molar-refractivity contribution < 1.29 is 4.74 Å². The lowest BCUT2D eigenvalue weighted by Crippen LogP contribution is -2.10. The molecule has 10 heteroatoms. The number of hydrogen-bond acceptors (Lipinski definition) is 7. The Morgan fingerprint density at radius 1 is 1.22 bits per heavy atom. The number of hydrogen-bond donors (Lipinski definition) is 2. The van der Waals surface area contributed by atoms with Crippen molar-refractivity contribution in [3.63, 3.8) is 0 Å². The van der Waals surface area contributed by atoms with Crippen LogP contribution in [0.1, 0.15) is 5.82 Å². The van der Waals surface area contributed by atoms with Gasteiger partial charge in [0.1, 0.15) is 16.8 Å². The van der Waals surface area contributed by atoms with E-state index in [0.29, 0.717) is 37.3 Å². The summed E-state index contributed by atoms with van der Waals surface area (Å²) < 4.78 is 6.25. The number of pyridine rings is 1. The topological polar surface area (TPSA) is 122 Å². The van der Waals surface area contributed by atoms with E-state index in [1.165, 1.54) is 0 Å². The Labute approximate surface area is 141 Å². The summed E-state index contributed by atoms with van der Waals surface area (Å²) in [5.41, 5.74) is 2.07. The predicted octanol–water partition coefficient (Wildman–Crippen LogP) is 1.17. The fraction of sp³-hybridized carbons (Fsp3) is 0.0769. The molecule has 1 aromatic carbocycles. The minimum absolute atomic E-state index is 0.151. The number of aromatic nitrogens is 7. The largest absolute Gasteiger partial charge is 0.483 e. The van der Waals surface area contributed by atoms with Crippen LogP contribution in [0.15, 0.2) is 29.1 Å². The van der Waals surface area contributed by atoms with Gasteiger partial charge in [-0.1, -0.05) is 11.3 Å². The monoisotopic (exact) mass is 421 g/mol. The number of nitrogens with one attached hydrogen (secondary N) is 2. The zero-order valence-electron chi connectivity index (χ0n) is 11.4. The summed E-state index contributed by atoms with van der Waals surface area (Å²) in [7, 11) is 0. The molecule has 0 fully saturated rings. The Bertz CT molecular complexity index is 1060. The molecule has 23 heavy (non-hydrogen) atoms. The molecule has 0 aliphatic heterocycles. The van der Waals surface area contributed by atoms with Gasteiger partial charge in [-0.25, -0.2) is 9.97 Å². The Morgan fingerprint density at radius 2 is 2.13 bits per heavy atom. The van der Waals surface area contributed by atoms with Crippen molar-refractivity contribution in [2.24, 2.45) is 0 Å². The molecule has 9 nitrogen and oxygen atoms in total. The number of aromatic amines is 2. The first-order valence-electron chi connectivity index (χ1n) is 6.55. The minimum Gasteiger partial charge on any atom is -0.483 e. The Kier molecular flexibility index (Phi) is 3.37. The highest BCUT2D eigenvalue weighted by atomic mass is 127. The van der Waals surface area contributed by atoms with Gasteiger partial charge >= 0.3 is 0 Å². The van der Waals surface area contributed by atoms with Crippen LogP contribution in [0.3, 0.4) is 0 Å². The maximum Gasteiger partial charge on any atom is 0.263 e. The molecule has 0 aliphatic carbocycles. The van der Waals surface area contributed by atoms with E-state index in [1.807, 2.05) is 34.7 Å². The summed E-state index contributed by atoms with van der Waals surface area (Å²) in [5.74, 6) is 0.958. The lowest BCUT2D eigenvalue weighted by molar-refractivity contribution is 0.299. The SMILES string of the molecule is O=c1[nH]c2nc3c(OCc4nn[nH]n4)cccc3nc2cc1I. The summed E-state index contributed by atoms with van der Waals surface area (Å²) >= 11 is 1.96. The number of fused-ring (bicyclic) bond motifs is 2. The van der Waals surface area contributed by atoms with E-state index in [4.69, 9.17) is 4.74 Å². The van der Waals surface area contributed by atoms with Crippen LogP contribution in [0, 0.1) is 3.57 Å². The molecule has 0 saturated carbocycles. The van der Waals surface area contributed by atoms with Crippen LogP contribution in [-0.4, -0.2) is 35.6 Å². The molecule has 0 bridgehead atoms. The molecule has 3 heterocycles. The number of para-hydroxylation sites is 1. The standard InChI is InChI=1S/C13H8IN7O2/c14-6-4-8-12(17-13(6)22)16-11-7(15-8)2-1-3-9(11)23-5-10-18-20-21-19-10/h1-4H,5H2,(H,16,17,22)(H,18,19,20,21). The molecule has 114 valence electrons. The fourth-order valence-corrected chi connectivity index (χ4v) is 2.54. The third-order valence-electron chi connectivity index (χ3n) is 3.14. The van der Waals surface area contributed by atoms with E-state index < -0.39 is 0 Å². The molecular formula is C13H8IN7O2. The van der Waals surface area contributed by atoms with E-state index in [-0.39, 0.29) is 12.2 Å². The van der Waals surface area contributed by atoms with Crippen LogP contribution in [0.4, 0.5) is 0 Å². The normalized spacial score (nSPS) is 11.2. The third-order valence-corrected chi connectivity index (χ3v) is 3.94. The number of benzene rings is 1. The molecule has 0 aliphatic rings. The van der Waals surface area contributed by atoms with Gasteiger partial charge in [0.2, 0.25) is 5.82 Å². The highest BCUT2D eigenvalue weighted by Crippen LogP contribution is 2.24. The van der Waals surface area contributed by atoms with Gasteiger partial charge < -0.3 is 9.72 Å². The van der Waals surface area contributed by atoms with Gasteiger partial charge in [0, 0.05) is 0 Å². The Morgan fingerprint density at radius 3 is 2.96 bits per heavy atom. The van der Waals surface area contributed by atoms with Crippen molar-refractivity contribution in [3.05, 3.63) is 44.0 Å². The quantitative estimate of drug-likeness (QED) is 0.376. The van der Waals surface area contributed by atoms with Gasteiger partial charge in [0.15, 0.2) is 12.3 Å². The first-order valence-corrected chi connectivity index (χ1v) is 7.63.